The van der Waals surface area contributed by atoms with Crippen molar-refractivity contribution in [1.29, 1.82) is 0 Å². The molecule has 6 nitrogen and oxygen atoms in total. The lowest BCUT2D eigenvalue weighted by Gasteiger charge is -2.27. The molecule has 194 valence electrons. The average molecular weight is 497 g/mol. The molecular weight excluding hydrogens is 459 g/mol. The molecule has 0 spiro atoms. The fourth-order valence-corrected chi connectivity index (χ4v) is 4.87. The van der Waals surface area contributed by atoms with Gasteiger partial charge in [0.15, 0.2) is 0 Å². The van der Waals surface area contributed by atoms with Gasteiger partial charge in [-0.3, -0.25) is 9.59 Å². The number of benzene rings is 2. The molecule has 2 amide bonds. The van der Waals surface area contributed by atoms with Gasteiger partial charge in [-0.2, -0.15) is 0 Å². The number of anilines is 1. The summed E-state index contributed by atoms with van der Waals surface area (Å²) < 4.78 is 18.6. The van der Waals surface area contributed by atoms with Gasteiger partial charge in [0.25, 0.3) is 0 Å². The Balaban J connectivity index is 1.64. The molecule has 0 saturated carbocycles. The Hall–Kier alpha value is -3.22. The van der Waals surface area contributed by atoms with E-state index in [-0.39, 0.29) is 29.5 Å². The lowest BCUT2D eigenvalue weighted by molar-refractivity contribution is -0.130. The van der Waals surface area contributed by atoms with Crippen LogP contribution in [0.25, 0.3) is 0 Å². The van der Waals surface area contributed by atoms with Crippen molar-refractivity contribution in [2.45, 2.75) is 64.3 Å². The molecule has 0 aliphatic carbocycles. The van der Waals surface area contributed by atoms with E-state index < -0.39 is 6.04 Å². The number of hydrogen-bond acceptors (Lipinski definition) is 4. The lowest BCUT2D eigenvalue weighted by atomic mass is 9.89. The van der Waals surface area contributed by atoms with Gasteiger partial charge in [0, 0.05) is 18.4 Å². The number of nitrogens with zero attached hydrogens (tertiary/aromatic N) is 1. The van der Waals surface area contributed by atoms with Crippen molar-refractivity contribution in [2.75, 3.05) is 18.6 Å². The standard InChI is InChI=1S/C29H37FN2O4/c1-3-8-23(15-12-22(20-33)19-21-13-16-24(30)17-14-21)28(34)31-25-9-6-7-18-32(29(25)35)26-10-4-5-11-27(26)36-2/h4-5,10-11,13-14,16-17,20,22-23,25H,3,6-9,12,15,18-19H2,1-2H3,(H,31,34). The van der Waals surface area contributed by atoms with Crippen LogP contribution in [0.4, 0.5) is 10.1 Å². The first-order chi connectivity index (χ1) is 17.5. The van der Waals surface area contributed by atoms with Crippen LogP contribution in [0.1, 0.15) is 57.4 Å². The molecule has 1 aliphatic rings. The Labute approximate surface area is 213 Å². The maximum absolute atomic E-state index is 13.5. The van der Waals surface area contributed by atoms with Crippen molar-refractivity contribution in [3.63, 3.8) is 0 Å². The predicted molar refractivity (Wildman–Crippen MR) is 138 cm³/mol. The fourth-order valence-electron chi connectivity index (χ4n) is 4.87. The number of halogens is 1. The molecule has 3 atom stereocenters. The minimum absolute atomic E-state index is 0.123. The molecule has 36 heavy (non-hydrogen) atoms. The van der Waals surface area contributed by atoms with Crippen LogP contribution < -0.4 is 15.0 Å². The van der Waals surface area contributed by atoms with E-state index in [1.54, 1.807) is 24.1 Å². The first-order valence-corrected chi connectivity index (χ1v) is 12.9. The number of amides is 2. The second-order valence-electron chi connectivity index (χ2n) is 9.51. The molecular formula is C29H37FN2O4. The first-order valence-electron chi connectivity index (χ1n) is 12.9. The van der Waals surface area contributed by atoms with E-state index in [1.807, 2.05) is 31.2 Å². The van der Waals surface area contributed by atoms with E-state index in [0.717, 1.165) is 31.1 Å². The van der Waals surface area contributed by atoms with Crippen LogP contribution in [0.3, 0.4) is 0 Å². The van der Waals surface area contributed by atoms with Crippen LogP contribution in [0.2, 0.25) is 0 Å². The average Bonchev–Trinajstić information content (AvgIpc) is 3.07. The minimum atomic E-state index is -0.592. The van der Waals surface area contributed by atoms with Crippen molar-refractivity contribution in [2.24, 2.45) is 11.8 Å². The summed E-state index contributed by atoms with van der Waals surface area (Å²) in [6, 6.07) is 13.0. The molecule has 1 fully saturated rings. The number of ether oxygens (including phenoxy) is 1. The SMILES string of the molecule is CCCC(CCC(C=O)Cc1ccc(F)cc1)C(=O)NC1CCCCN(c2ccccc2OC)C1=O. The predicted octanol–water partition coefficient (Wildman–Crippen LogP) is 5.09. The molecule has 1 N–H and O–H groups in total. The van der Waals surface area contributed by atoms with Crippen LogP contribution >= 0.6 is 0 Å². The summed E-state index contributed by atoms with van der Waals surface area (Å²) in [5.41, 5.74) is 1.61. The summed E-state index contributed by atoms with van der Waals surface area (Å²) in [6.45, 7) is 2.60. The second kappa shape index (κ2) is 13.8. The van der Waals surface area contributed by atoms with E-state index in [9.17, 15) is 18.8 Å². The second-order valence-corrected chi connectivity index (χ2v) is 9.51. The monoisotopic (exact) mass is 496 g/mol. The zero-order valence-corrected chi connectivity index (χ0v) is 21.3. The van der Waals surface area contributed by atoms with Crippen LogP contribution in [-0.4, -0.2) is 37.8 Å². The molecule has 7 heteroatoms. The number of para-hydroxylation sites is 2. The number of hydrogen-bond donors (Lipinski definition) is 1. The van der Waals surface area contributed by atoms with Gasteiger partial charge in [-0.1, -0.05) is 37.6 Å². The Morgan fingerprint density at radius 3 is 2.58 bits per heavy atom. The van der Waals surface area contributed by atoms with Gasteiger partial charge < -0.3 is 19.7 Å². The van der Waals surface area contributed by atoms with Crippen LogP contribution in [0.15, 0.2) is 48.5 Å². The van der Waals surface area contributed by atoms with Gasteiger partial charge in [0.1, 0.15) is 23.9 Å². The Morgan fingerprint density at radius 1 is 1.14 bits per heavy atom. The van der Waals surface area contributed by atoms with Crippen molar-refractivity contribution in [1.82, 2.24) is 5.32 Å². The quantitative estimate of drug-likeness (QED) is 0.415. The Morgan fingerprint density at radius 2 is 1.89 bits per heavy atom. The van der Waals surface area contributed by atoms with E-state index in [0.29, 0.717) is 50.1 Å². The molecule has 0 bridgehead atoms. The highest BCUT2D eigenvalue weighted by atomic mass is 19.1. The summed E-state index contributed by atoms with van der Waals surface area (Å²) in [5, 5.41) is 3.03. The number of rotatable bonds is 12. The van der Waals surface area contributed by atoms with Gasteiger partial charge >= 0.3 is 0 Å². The third kappa shape index (κ3) is 7.39. The largest absolute Gasteiger partial charge is 0.495 e. The van der Waals surface area contributed by atoms with Crippen LogP contribution in [0, 0.1) is 17.7 Å². The molecule has 1 heterocycles. The topological polar surface area (TPSA) is 75.7 Å². The first kappa shape index (κ1) is 27.4. The van der Waals surface area contributed by atoms with Crippen LogP contribution in [-0.2, 0) is 20.8 Å². The summed E-state index contributed by atoms with van der Waals surface area (Å²) in [6.07, 6.45) is 6.34. The lowest BCUT2D eigenvalue weighted by Crippen LogP contribution is -2.49. The van der Waals surface area contributed by atoms with Crippen molar-refractivity contribution in [3.8, 4) is 5.75 Å². The number of carbonyl (C=O) groups is 3. The van der Waals surface area contributed by atoms with Gasteiger partial charge in [0.05, 0.1) is 12.8 Å². The zero-order valence-electron chi connectivity index (χ0n) is 21.3. The zero-order chi connectivity index (χ0) is 25.9. The molecule has 2 aromatic carbocycles. The summed E-state index contributed by atoms with van der Waals surface area (Å²) >= 11 is 0. The Bertz CT molecular complexity index is 1010. The summed E-state index contributed by atoms with van der Waals surface area (Å²) in [4.78, 5) is 40.2. The van der Waals surface area contributed by atoms with Gasteiger partial charge in [0.2, 0.25) is 11.8 Å². The highest BCUT2D eigenvalue weighted by molar-refractivity contribution is 6.00. The molecule has 1 aliphatic heterocycles. The maximum Gasteiger partial charge on any atom is 0.249 e. The minimum Gasteiger partial charge on any atom is -0.495 e. The summed E-state index contributed by atoms with van der Waals surface area (Å²) in [7, 11) is 1.58. The number of methoxy groups -OCH3 is 1. The molecule has 3 unspecified atom stereocenters. The third-order valence-corrected chi connectivity index (χ3v) is 6.88. The van der Waals surface area contributed by atoms with Crippen LogP contribution in [0.5, 0.6) is 5.75 Å². The number of carbonyl (C=O) groups excluding carboxylic acids is 3. The number of aldehydes is 1. The highest BCUT2D eigenvalue weighted by Crippen LogP contribution is 2.30. The third-order valence-electron chi connectivity index (χ3n) is 6.88. The van der Waals surface area contributed by atoms with E-state index in [1.165, 1.54) is 12.1 Å². The Kier molecular flexibility index (Phi) is 10.5. The van der Waals surface area contributed by atoms with Gasteiger partial charge in [-0.15, -0.1) is 0 Å². The maximum atomic E-state index is 13.5. The molecule has 0 radical (unpaired) electrons. The highest BCUT2D eigenvalue weighted by Gasteiger charge is 2.32. The normalized spacial score (nSPS) is 17.7. The fraction of sp³-hybridized carbons (Fsp3) is 0.483. The van der Waals surface area contributed by atoms with E-state index >= 15 is 0 Å². The van der Waals surface area contributed by atoms with E-state index in [2.05, 4.69) is 5.32 Å². The number of nitrogens with one attached hydrogen (secondary N) is 1. The molecule has 0 aromatic heterocycles. The molecule has 2 aromatic rings. The van der Waals surface area contributed by atoms with Crippen molar-refractivity contribution >= 4 is 23.8 Å². The smallest absolute Gasteiger partial charge is 0.249 e. The molecule has 1 saturated heterocycles. The van der Waals surface area contributed by atoms with Crippen molar-refractivity contribution < 1.29 is 23.5 Å². The summed E-state index contributed by atoms with van der Waals surface area (Å²) in [5.74, 6) is -0.461. The van der Waals surface area contributed by atoms with Gasteiger partial charge in [-0.05, 0) is 74.8 Å². The van der Waals surface area contributed by atoms with Gasteiger partial charge in [-0.25, -0.2) is 4.39 Å². The van der Waals surface area contributed by atoms with Crippen molar-refractivity contribution in [3.05, 3.63) is 59.9 Å². The van der Waals surface area contributed by atoms with E-state index in [4.69, 9.17) is 4.74 Å². The molecule has 3 rings (SSSR count).